The van der Waals surface area contributed by atoms with Gasteiger partial charge in [-0.15, -0.1) is 0 Å². The molecule has 8 bridgehead atoms. The number of hydrogen-bond acceptors (Lipinski definition) is 10. The van der Waals surface area contributed by atoms with Crippen molar-refractivity contribution in [3.8, 4) is 23.0 Å². The zero-order chi connectivity index (χ0) is 47.6. The first-order chi connectivity index (χ1) is 33.0. The molecule has 348 valence electrons. The van der Waals surface area contributed by atoms with Crippen molar-refractivity contribution in [1.82, 2.24) is 0 Å². The number of hydrogen-bond donors (Lipinski definition) is 2. The van der Waals surface area contributed by atoms with Gasteiger partial charge in [-0.25, -0.2) is 9.80 Å². The largest absolute Gasteiger partial charge is 0.493 e. The number of nitrogen functional groups attached to an aromatic ring is 2. The number of rotatable bonds is 14. The molecule has 0 saturated heterocycles. The summed E-state index contributed by atoms with van der Waals surface area (Å²) in [5, 5.41) is 0. The van der Waals surface area contributed by atoms with Crippen LogP contribution in [0.1, 0.15) is 139 Å². The van der Waals surface area contributed by atoms with E-state index in [1.807, 2.05) is 76.2 Å². The van der Waals surface area contributed by atoms with Gasteiger partial charge in [0.15, 0.2) is 0 Å². The van der Waals surface area contributed by atoms with Crippen LogP contribution in [0, 0.1) is 0 Å². The van der Waals surface area contributed by atoms with Crippen molar-refractivity contribution in [2.75, 3.05) is 47.7 Å². The van der Waals surface area contributed by atoms with E-state index in [1.165, 1.54) is 9.80 Å². The van der Waals surface area contributed by atoms with E-state index in [9.17, 15) is 19.2 Å². The molecule has 0 spiro atoms. The molecule has 0 fully saturated rings. The highest BCUT2D eigenvalue weighted by atomic mass is 16.5. The molecule has 0 saturated carbocycles. The Balaban J connectivity index is 1.32. The van der Waals surface area contributed by atoms with E-state index < -0.39 is 23.6 Å². The van der Waals surface area contributed by atoms with E-state index in [-0.39, 0.29) is 25.7 Å². The molecule has 9 rings (SSSR count). The van der Waals surface area contributed by atoms with Crippen molar-refractivity contribution in [3.63, 3.8) is 0 Å². The topological polar surface area (TPSA) is 164 Å². The fourth-order valence-electron chi connectivity index (χ4n) is 9.57. The first kappa shape index (κ1) is 45.6. The Kier molecular flexibility index (Phi) is 12.9. The quantitative estimate of drug-likeness (QED) is 0.0793. The first-order valence-corrected chi connectivity index (χ1v) is 23.6. The monoisotopic (exact) mass is 912 g/mol. The third kappa shape index (κ3) is 8.51. The number of nitrogens with two attached hydrogens (primary N) is 2. The lowest BCUT2D eigenvalue weighted by Crippen LogP contribution is -2.29. The number of carbonyl (C=O) groups excluding carboxylic acids is 4. The van der Waals surface area contributed by atoms with E-state index in [0.717, 1.165) is 70.2 Å². The van der Waals surface area contributed by atoms with E-state index >= 15 is 0 Å². The molecule has 0 radical (unpaired) electrons. The molecule has 0 unspecified atom stereocenters. The summed E-state index contributed by atoms with van der Waals surface area (Å²) >= 11 is 0. The number of imide groups is 2. The average Bonchev–Trinajstić information content (AvgIpc) is 3.73. The molecule has 6 aromatic carbocycles. The number of amides is 4. The fraction of sp³-hybridized carbons (Fsp3) is 0.286. The Morgan fingerprint density at radius 2 is 0.603 bits per heavy atom. The lowest BCUT2D eigenvalue weighted by molar-refractivity contribution is 0.0910. The van der Waals surface area contributed by atoms with Crippen molar-refractivity contribution in [2.24, 2.45) is 0 Å². The van der Waals surface area contributed by atoms with Gasteiger partial charge in [0.25, 0.3) is 23.6 Å². The highest BCUT2D eigenvalue weighted by Crippen LogP contribution is 2.44. The van der Waals surface area contributed by atoms with Crippen LogP contribution in [0.2, 0.25) is 0 Å². The second kappa shape index (κ2) is 19.3. The van der Waals surface area contributed by atoms with Crippen LogP contribution in [0.5, 0.6) is 23.0 Å². The van der Waals surface area contributed by atoms with Crippen LogP contribution in [0.4, 0.5) is 22.7 Å². The van der Waals surface area contributed by atoms with Gasteiger partial charge in [0, 0.05) is 81.6 Å². The molecule has 0 atom stereocenters. The molecule has 4 amide bonds. The summed E-state index contributed by atoms with van der Waals surface area (Å²) in [7, 11) is 0. The van der Waals surface area contributed by atoms with E-state index in [4.69, 9.17) is 30.4 Å². The second-order valence-corrected chi connectivity index (χ2v) is 17.6. The van der Waals surface area contributed by atoms with Gasteiger partial charge < -0.3 is 30.4 Å². The van der Waals surface area contributed by atoms with Gasteiger partial charge in [-0.1, -0.05) is 52.0 Å². The van der Waals surface area contributed by atoms with Crippen molar-refractivity contribution in [1.29, 1.82) is 0 Å². The molecule has 68 heavy (non-hydrogen) atoms. The molecule has 0 aromatic heterocycles. The number of anilines is 4. The lowest BCUT2D eigenvalue weighted by atomic mass is 9.90. The first-order valence-electron chi connectivity index (χ1n) is 23.6. The maximum absolute atomic E-state index is 14.2. The normalized spacial score (nSPS) is 14.0. The summed E-state index contributed by atoms with van der Waals surface area (Å²) in [6, 6.07) is 28.7. The van der Waals surface area contributed by atoms with E-state index in [2.05, 4.69) is 0 Å². The highest BCUT2D eigenvalue weighted by Gasteiger charge is 2.39. The molecule has 3 aliphatic rings. The molecule has 12 nitrogen and oxygen atoms in total. The van der Waals surface area contributed by atoms with Crippen LogP contribution in [-0.2, 0) is 25.7 Å². The minimum Gasteiger partial charge on any atom is -0.493 e. The average molecular weight is 913 g/mol. The molecular weight excluding hydrogens is 857 g/mol. The standard InChI is InChI=1S/C56H56N4O8/c1-5-17-65-49-33-21-37-29-43(59-53(61)45-13-9-10-14-46(45)54(59)62)31-39(51(37)67-19-7-3)23-35-27-42(58)28-36(50(35)66-18-6-2)24-40-32-44(60-55(63)47-15-11-12-16-48(47)56(60)64)30-38(52(40)68-20-8-4)22-34(49)26-41(57)25-33/h9-16,25-32H,5-8,17-24,57-58H2,1-4H3. The zero-order valence-corrected chi connectivity index (χ0v) is 39.0. The summed E-state index contributed by atoms with van der Waals surface area (Å²) in [5.41, 5.74) is 22.7. The molecule has 6 aromatic rings. The van der Waals surface area contributed by atoms with Gasteiger partial charge >= 0.3 is 0 Å². The van der Waals surface area contributed by atoms with Crippen molar-refractivity contribution in [2.45, 2.75) is 79.1 Å². The van der Waals surface area contributed by atoms with Crippen LogP contribution < -0.4 is 40.2 Å². The van der Waals surface area contributed by atoms with Crippen LogP contribution in [0.3, 0.4) is 0 Å². The third-order valence-corrected chi connectivity index (χ3v) is 12.4. The van der Waals surface area contributed by atoms with Crippen molar-refractivity contribution >= 4 is 46.4 Å². The predicted molar refractivity (Wildman–Crippen MR) is 264 cm³/mol. The third-order valence-electron chi connectivity index (χ3n) is 12.4. The zero-order valence-electron chi connectivity index (χ0n) is 39.0. The molecule has 12 heteroatoms. The fourth-order valence-corrected chi connectivity index (χ4v) is 9.57. The molecule has 2 heterocycles. The van der Waals surface area contributed by atoms with Crippen LogP contribution in [-0.4, -0.2) is 50.1 Å². The summed E-state index contributed by atoms with van der Waals surface area (Å²) in [5.74, 6) is 0.811. The number of benzene rings is 6. The van der Waals surface area contributed by atoms with Gasteiger partial charge in [0.2, 0.25) is 0 Å². The minimum absolute atomic E-state index is 0.251. The van der Waals surface area contributed by atoms with Crippen molar-refractivity contribution < 1.29 is 38.1 Å². The van der Waals surface area contributed by atoms with Gasteiger partial charge in [-0.05, 0) is 98.5 Å². The van der Waals surface area contributed by atoms with E-state index in [1.54, 1.807) is 48.5 Å². The molecule has 2 aliphatic heterocycles. The summed E-state index contributed by atoms with van der Waals surface area (Å²) in [6.45, 7) is 9.77. The number of ether oxygens (including phenoxy) is 4. The summed E-state index contributed by atoms with van der Waals surface area (Å²) in [4.78, 5) is 59.2. The Bertz CT molecular complexity index is 2630. The van der Waals surface area contributed by atoms with Crippen LogP contribution in [0.25, 0.3) is 0 Å². The van der Waals surface area contributed by atoms with Gasteiger partial charge in [0.05, 0.1) is 60.1 Å². The minimum atomic E-state index is -0.411. The molecular formula is C56H56N4O8. The van der Waals surface area contributed by atoms with Crippen LogP contribution in [0.15, 0.2) is 97.1 Å². The van der Waals surface area contributed by atoms with Gasteiger partial charge in [-0.3, -0.25) is 19.2 Å². The smallest absolute Gasteiger partial charge is 0.266 e. The Labute approximate surface area is 396 Å². The second-order valence-electron chi connectivity index (χ2n) is 17.6. The number of nitrogens with zero attached hydrogens (tertiary/aromatic N) is 2. The van der Waals surface area contributed by atoms with Crippen LogP contribution >= 0.6 is 0 Å². The number of fused-ring (bicyclic) bond motifs is 10. The van der Waals surface area contributed by atoms with Gasteiger partial charge in [0.1, 0.15) is 23.0 Å². The maximum Gasteiger partial charge on any atom is 0.266 e. The maximum atomic E-state index is 14.2. The Morgan fingerprint density at radius 3 is 0.824 bits per heavy atom. The SMILES string of the molecule is CCCOc1c2cc(N)cc1Cc1cc(N3C(=O)c4ccccc4C3=O)cc(c1OCCC)Cc1cc(N)cc(c1OCCC)Cc1cc(N3C(=O)c4ccccc4C3=O)cc(c1OCCC)C2. The van der Waals surface area contributed by atoms with Gasteiger partial charge in [-0.2, -0.15) is 0 Å². The summed E-state index contributed by atoms with van der Waals surface area (Å²) in [6.07, 6.45) is 3.90. The van der Waals surface area contributed by atoms with E-state index in [0.29, 0.717) is 94.4 Å². The molecule has 4 N–H and O–H groups in total. The Morgan fingerprint density at radius 1 is 0.382 bits per heavy atom. The lowest BCUT2D eigenvalue weighted by Gasteiger charge is -2.25. The predicted octanol–water partition coefficient (Wildman–Crippen LogP) is 10.3. The molecule has 1 aliphatic carbocycles. The summed E-state index contributed by atoms with van der Waals surface area (Å²) < 4.78 is 26.9. The highest BCUT2D eigenvalue weighted by molar-refractivity contribution is 6.35. The Hall–Kier alpha value is -7.60. The van der Waals surface area contributed by atoms with Crippen molar-refractivity contribution in [3.05, 3.63) is 164 Å². The number of carbonyl (C=O) groups is 4.